The van der Waals surface area contributed by atoms with Crippen LogP contribution < -0.4 is 20.9 Å². The molecule has 5 rings (SSSR count). The summed E-state index contributed by atoms with van der Waals surface area (Å²) >= 11 is 2.26. The first-order chi connectivity index (χ1) is 19.8. The van der Waals surface area contributed by atoms with Crippen molar-refractivity contribution < 1.29 is 28.9 Å². The van der Waals surface area contributed by atoms with Gasteiger partial charge in [0.2, 0.25) is 17.9 Å². The Balaban J connectivity index is 1.35. The number of nitrogen functional groups attached to an aromatic ring is 1. The number of oxime groups is 1. The summed E-state index contributed by atoms with van der Waals surface area (Å²) in [6, 6.07) is 2.90. The molecule has 1 fully saturated rings. The van der Waals surface area contributed by atoms with Gasteiger partial charge in [-0.05, 0) is 44.1 Å². The molecular formula is C24H29N10O5S2+. The van der Waals surface area contributed by atoms with E-state index in [1.807, 2.05) is 29.9 Å². The molecule has 5 heterocycles. The molecule has 2 unspecified atom stereocenters. The zero-order chi connectivity index (χ0) is 29.1. The molecule has 2 aliphatic heterocycles. The van der Waals surface area contributed by atoms with Crippen LogP contribution in [-0.4, -0.2) is 89.8 Å². The van der Waals surface area contributed by atoms with E-state index in [0.29, 0.717) is 11.3 Å². The molecule has 2 amide bonds. The lowest BCUT2D eigenvalue weighted by Gasteiger charge is -2.49. The van der Waals surface area contributed by atoms with Crippen LogP contribution >= 0.6 is 23.3 Å². The lowest BCUT2D eigenvalue weighted by molar-refractivity contribution is -0.664. The molecule has 3 aromatic heterocycles. The molecule has 1 saturated heterocycles. The van der Waals surface area contributed by atoms with E-state index in [1.54, 1.807) is 13.3 Å². The van der Waals surface area contributed by atoms with Gasteiger partial charge in [-0.15, -0.1) is 11.8 Å². The first-order valence-electron chi connectivity index (χ1n) is 12.8. The van der Waals surface area contributed by atoms with E-state index in [0.717, 1.165) is 42.2 Å². The third-order valence-corrected chi connectivity index (χ3v) is 8.41. The van der Waals surface area contributed by atoms with Crippen molar-refractivity contribution in [1.29, 1.82) is 0 Å². The fourth-order valence-corrected chi connectivity index (χ4v) is 6.45. The Hall–Kier alpha value is -4.09. The molecule has 0 aliphatic carbocycles. The molecule has 2 atom stereocenters. The van der Waals surface area contributed by atoms with Gasteiger partial charge in [0.25, 0.3) is 11.8 Å². The van der Waals surface area contributed by atoms with Crippen molar-refractivity contribution in [3.05, 3.63) is 41.8 Å². The maximum Gasteiger partial charge on any atom is 0.352 e. The number of carbonyl (C=O) groups excluding carboxylic acids is 2. The van der Waals surface area contributed by atoms with E-state index in [9.17, 15) is 19.5 Å². The van der Waals surface area contributed by atoms with Gasteiger partial charge in [0, 0.05) is 29.4 Å². The number of nitrogens with two attached hydrogens (primary N) is 1. The molecule has 5 N–H and O–H groups in total. The van der Waals surface area contributed by atoms with E-state index in [1.165, 1.54) is 16.7 Å². The zero-order valence-electron chi connectivity index (χ0n) is 22.3. The third-order valence-electron chi connectivity index (χ3n) is 6.53. The Morgan fingerprint density at radius 1 is 1.39 bits per heavy atom. The fraction of sp³-hybridized carbons (Fsp3) is 0.417. The molecule has 0 aromatic carbocycles. The van der Waals surface area contributed by atoms with Crippen LogP contribution in [0.25, 0.3) is 11.2 Å². The van der Waals surface area contributed by atoms with Gasteiger partial charge in [-0.3, -0.25) is 14.5 Å². The molecule has 3 aromatic rings. The highest BCUT2D eigenvalue weighted by molar-refractivity contribution is 8.00. The van der Waals surface area contributed by atoms with Crippen molar-refractivity contribution in [1.82, 2.24) is 34.4 Å². The Morgan fingerprint density at radius 3 is 2.93 bits per heavy atom. The number of carbonyl (C=O) groups is 3. The Labute approximate surface area is 242 Å². The molecule has 17 heteroatoms. The van der Waals surface area contributed by atoms with Crippen molar-refractivity contribution in [2.75, 3.05) is 31.7 Å². The third kappa shape index (κ3) is 5.59. The van der Waals surface area contributed by atoms with Gasteiger partial charge in [-0.25, -0.2) is 9.36 Å². The Kier molecular flexibility index (Phi) is 8.46. The number of β-lactam (4-membered cyclic amide) rings is 1. The van der Waals surface area contributed by atoms with Crippen LogP contribution in [-0.2, 0) is 32.3 Å². The second kappa shape index (κ2) is 12.2. The average Bonchev–Trinajstić information content (AvgIpc) is 3.58. The number of thioether (sulfide) groups is 1. The second-order valence-electron chi connectivity index (χ2n) is 9.17. The number of carboxylic acids is 1. The molecule has 41 heavy (non-hydrogen) atoms. The predicted molar refractivity (Wildman–Crippen MR) is 151 cm³/mol. The van der Waals surface area contributed by atoms with Crippen molar-refractivity contribution >= 4 is 63.1 Å². The molecule has 216 valence electrons. The summed E-state index contributed by atoms with van der Waals surface area (Å²) in [6.07, 6.45) is 4.56. The van der Waals surface area contributed by atoms with Crippen molar-refractivity contribution in [2.45, 2.75) is 37.8 Å². The number of hydrogen-bond donors (Lipinski definition) is 4. The van der Waals surface area contributed by atoms with Crippen molar-refractivity contribution in [2.24, 2.45) is 5.16 Å². The van der Waals surface area contributed by atoms with Gasteiger partial charge in [0.1, 0.15) is 35.8 Å². The van der Waals surface area contributed by atoms with Crippen LogP contribution in [0.4, 0.5) is 5.13 Å². The first kappa shape index (κ1) is 28.4. The smallest absolute Gasteiger partial charge is 0.352 e. The number of nitrogens with zero attached hydrogens (tertiary/aromatic N) is 7. The summed E-state index contributed by atoms with van der Waals surface area (Å²) in [5.41, 5.74) is 7.56. The van der Waals surface area contributed by atoms with Gasteiger partial charge in [-0.1, -0.05) is 5.16 Å². The molecule has 2 aliphatic rings. The summed E-state index contributed by atoms with van der Waals surface area (Å²) < 4.78 is 7.95. The van der Waals surface area contributed by atoms with E-state index >= 15 is 0 Å². The number of anilines is 1. The standard InChI is InChI=1S/C24H28N10O5S2/c1-3-39-30-15(18-29-24(25)41-31-18)20(35)28-16-21(36)34-17(23(37)38)13(11-40-22(16)34)10-32-8-4-6-14-19(32)27-12-33(14)9-5-7-26-2/h4,6,8,12,16,22,26H,3,5,7,9-11H2,1-2H3,(H3-,25,28,29,31,35,37,38)/p+1. The van der Waals surface area contributed by atoms with Gasteiger partial charge >= 0.3 is 11.6 Å². The van der Waals surface area contributed by atoms with E-state index in [4.69, 9.17) is 10.6 Å². The Morgan fingerprint density at radius 2 is 2.22 bits per heavy atom. The normalized spacial score (nSPS) is 18.8. The summed E-state index contributed by atoms with van der Waals surface area (Å²) in [6.45, 7) is 3.81. The van der Waals surface area contributed by atoms with Crippen LogP contribution in [0.3, 0.4) is 0 Å². The number of rotatable bonds is 12. The number of nitrogens with one attached hydrogen (secondary N) is 2. The zero-order valence-corrected chi connectivity index (χ0v) is 23.9. The van der Waals surface area contributed by atoms with Gasteiger partial charge in [-0.2, -0.15) is 9.36 Å². The number of aryl methyl sites for hydroxylation is 1. The number of aliphatic carboxylic acids is 1. The predicted octanol–water partition coefficient (Wildman–Crippen LogP) is -0.454. The van der Waals surface area contributed by atoms with Crippen molar-refractivity contribution in [3.63, 3.8) is 0 Å². The fourth-order valence-electron chi connectivity index (χ4n) is 4.68. The van der Waals surface area contributed by atoms with Gasteiger partial charge in [0.15, 0.2) is 5.13 Å². The van der Waals surface area contributed by atoms with Crippen LogP contribution in [0, 0.1) is 0 Å². The van der Waals surface area contributed by atoms with Gasteiger partial charge in [0.05, 0.1) is 6.20 Å². The maximum absolute atomic E-state index is 13.2. The van der Waals surface area contributed by atoms with E-state index in [-0.39, 0.29) is 35.5 Å². The molecular weight excluding hydrogens is 572 g/mol. The number of carboxylic acid groups (broad SMARTS) is 1. The summed E-state index contributed by atoms with van der Waals surface area (Å²) in [4.78, 5) is 53.5. The number of fused-ring (bicyclic) bond motifs is 2. The minimum absolute atomic E-state index is 0.0255. The number of aromatic nitrogens is 5. The molecule has 0 saturated carbocycles. The van der Waals surface area contributed by atoms with Crippen molar-refractivity contribution in [3.8, 4) is 0 Å². The van der Waals surface area contributed by atoms with E-state index < -0.39 is 29.2 Å². The highest BCUT2D eigenvalue weighted by Crippen LogP contribution is 2.40. The van der Waals surface area contributed by atoms with Crippen LogP contribution in [0.15, 0.2) is 41.1 Å². The van der Waals surface area contributed by atoms with Crippen LogP contribution in [0.2, 0.25) is 0 Å². The maximum atomic E-state index is 13.2. The van der Waals surface area contributed by atoms with Gasteiger partial charge < -0.3 is 30.9 Å². The first-order valence-corrected chi connectivity index (χ1v) is 14.6. The minimum atomic E-state index is -1.21. The lowest BCUT2D eigenvalue weighted by Crippen LogP contribution is -2.71. The lowest BCUT2D eigenvalue weighted by atomic mass is 10.0. The molecule has 0 radical (unpaired) electrons. The second-order valence-corrected chi connectivity index (χ2v) is 11.1. The number of amides is 2. The molecule has 15 nitrogen and oxygen atoms in total. The highest BCUT2D eigenvalue weighted by Gasteiger charge is 2.54. The molecule has 0 spiro atoms. The number of hydrogen-bond acceptors (Lipinski definition) is 12. The Bertz CT molecular complexity index is 1550. The average molecular weight is 602 g/mol. The van der Waals surface area contributed by atoms with Crippen LogP contribution in [0.5, 0.6) is 0 Å². The molecule has 0 bridgehead atoms. The number of pyridine rings is 1. The summed E-state index contributed by atoms with van der Waals surface area (Å²) in [5, 5.41) is 19.2. The quantitative estimate of drug-likeness (QED) is 0.0690. The summed E-state index contributed by atoms with van der Waals surface area (Å²) in [5.74, 6) is -2.16. The summed E-state index contributed by atoms with van der Waals surface area (Å²) in [7, 11) is 1.91. The van der Waals surface area contributed by atoms with Crippen LogP contribution in [0.1, 0.15) is 19.2 Å². The largest absolute Gasteiger partial charge is 0.477 e. The topological polar surface area (TPSA) is 194 Å². The minimum Gasteiger partial charge on any atom is -0.477 e. The SMILES string of the molecule is CCON=C(C(=O)NC1C(=O)N2C(C(=O)O)=C(C[n+]3cccc4c3ncn4CCCNC)CSC12)c1nsc(N)n1. The highest BCUT2D eigenvalue weighted by atomic mass is 32.2. The van der Waals surface area contributed by atoms with E-state index in [2.05, 4.69) is 34.7 Å². The number of imidazole rings is 1. The monoisotopic (exact) mass is 601 g/mol.